The van der Waals surface area contributed by atoms with Crippen LogP contribution in [-0.2, 0) is 15.1 Å². The van der Waals surface area contributed by atoms with E-state index in [0.717, 1.165) is 21.9 Å². The van der Waals surface area contributed by atoms with Crippen molar-refractivity contribution in [3.8, 4) is 0 Å². The van der Waals surface area contributed by atoms with Gasteiger partial charge in [0.15, 0.2) is 0 Å². The number of pyridine rings is 1. The smallest absolute Gasteiger partial charge is 0.410 e. The van der Waals surface area contributed by atoms with Gasteiger partial charge in [-0.15, -0.1) is 11.8 Å². The van der Waals surface area contributed by atoms with Gasteiger partial charge < -0.3 is 19.4 Å². The highest BCUT2D eigenvalue weighted by Crippen LogP contribution is 2.52. The van der Waals surface area contributed by atoms with Crippen molar-refractivity contribution in [2.24, 2.45) is 17.8 Å². The van der Waals surface area contributed by atoms with Gasteiger partial charge in [-0.2, -0.15) is 0 Å². The Balaban J connectivity index is 1.44. The number of nitrogens with one attached hydrogen (secondary N) is 1. The van der Waals surface area contributed by atoms with E-state index in [9.17, 15) is 9.59 Å². The Labute approximate surface area is 187 Å². The Bertz CT molecular complexity index is 1030. The van der Waals surface area contributed by atoms with Gasteiger partial charge >= 0.3 is 6.09 Å². The molecule has 1 aliphatic heterocycles. The highest BCUT2D eigenvalue weighted by Gasteiger charge is 2.61. The van der Waals surface area contributed by atoms with Gasteiger partial charge in [-0.3, -0.25) is 4.79 Å². The van der Waals surface area contributed by atoms with Gasteiger partial charge in [-0.25, -0.2) is 9.78 Å². The molecule has 1 saturated carbocycles. The van der Waals surface area contributed by atoms with Gasteiger partial charge in [0.2, 0.25) is 5.91 Å². The molecule has 0 spiro atoms. The fraction of sp³-hybridized carbons (Fsp3) is 0.609. The zero-order chi connectivity index (χ0) is 22.7. The van der Waals surface area contributed by atoms with Crippen molar-refractivity contribution < 1.29 is 14.3 Å². The van der Waals surface area contributed by atoms with E-state index in [0.29, 0.717) is 13.1 Å². The second kappa shape index (κ2) is 7.43. The maximum Gasteiger partial charge on any atom is 0.410 e. The van der Waals surface area contributed by atoms with Gasteiger partial charge in [0.05, 0.1) is 11.1 Å². The van der Waals surface area contributed by atoms with Crippen LogP contribution in [-0.4, -0.2) is 51.2 Å². The number of imidazole rings is 1. The number of carbonyl (C=O) groups is 2. The van der Waals surface area contributed by atoms with E-state index in [1.54, 1.807) is 16.7 Å². The fourth-order valence-electron chi connectivity index (χ4n) is 4.69. The molecule has 7 nitrogen and oxygen atoms in total. The Morgan fingerprint density at radius 3 is 2.42 bits per heavy atom. The quantitative estimate of drug-likeness (QED) is 0.726. The summed E-state index contributed by atoms with van der Waals surface area (Å²) in [6.07, 6.45) is 3.73. The number of piperidine rings is 1. The average Bonchev–Trinajstić information content (AvgIpc) is 3.01. The number of amides is 2. The molecule has 0 aromatic carbocycles. The topological polar surface area (TPSA) is 75.9 Å². The largest absolute Gasteiger partial charge is 0.444 e. The molecule has 2 amide bonds. The van der Waals surface area contributed by atoms with Crippen LogP contribution in [0.4, 0.5) is 4.79 Å². The van der Waals surface area contributed by atoms with Gasteiger partial charge in [0, 0.05) is 25.2 Å². The minimum Gasteiger partial charge on any atom is -0.444 e. The second-order valence-corrected chi connectivity index (χ2v) is 11.0. The predicted octanol–water partition coefficient (Wildman–Crippen LogP) is 3.83. The van der Waals surface area contributed by atoms with Crippen LogP contribution in [0.15, 0.2) is 23.4 Å². The summed E-state index contributed by atoms with van der Waals surface area (Å²) in [7, 11) is 0. The average molecular weight is 445 g/mol. The molecular weight excluding hydrogens is 412 g/mol. The highest BCUT2D eigenvalue weighted by molar-refractivity contribution is 7.98. The zero-order valence-corrected chi connectivity index (χ0v) is 20.2. The number of fused-ring (bicyclic) bond motifs is 2. The normalized spacial score (nSPS) is 23.1. The lowest BCUT2D eigenvalue weighted by Gasteiger charge is -2.27. The van der Waals surface area contributed by atoms with Crippen molar-refractivity contribution in [1.29, 1.82) is 0 Å². The van der Waals surface area contributed by atoms with E-state index in [4.69, 9.17) is 9.72 Å². The molecule has 2 aliphatic rings. The first-order valence-electron chi connectivity index (χ1n) is 10.7. The number of nitrogens with zero attached hydrogens (tertiary/aromatic N) is 3. The molecule has 2 aromatic rings. The van der Waals surface area contributed by atoms with E-state index < -0.39 is 11.1 Å². The Morgan fingerprint density at radius 2 is 1.84 bits per heavy atom. The lowest BCUT2D eigenvalue weighted by atomic mass is 10.0. The third-order valence-electron chi connectivity index (χ3n) is 6.17. The molecule has 3 atom stereocenters. The monoisotopic (exact) mass is 444 g/mol. The van der Waals surface area contributed by atoms with E-state index in [2.05, 4.69) is 22.7 Å². The number of hydrogen-bond acceptors (Lipinski definition) is 5. The minimum absolute atomic E-state index is 0.0407. The first-order chi connectivity index (χ1) is 14.4. The minimum atomic E-state index is -0.622. The predicted molar refractivity (Wildman–Crippen MR) is 121 cm³/mol. The van der Waals surface area contributed by atoms with Crippen molar-refractivity contribution in [2.75, 3.05) is 19.3 Å². The van der Waals surface area contributed by atoms with Crippen molar-refractivity contribution in [3.05, 3.63) is 29.7 Å². The van der Waals surface area contributed by atoms with E-state index in [1.807, 2.05) is 53.1 Å². The zero-order valence-electron chi connectivity index (χ0n) is 19.4. The molecule has 2 fully saturated rings. The van der Waals surface area contributed by atoms with Gasteiger partial charge in [-0.1, -0.05) is 6.07 Å². The highest BCUT2D eigenvalue weighted by atomic mass is 32.2. The summed E-state index contributed by atoms with van der Waals surface area (Å²) in [5.74, 6) is 1.24. The summed E-state index contributed by atoms with van der Waals surface area (Å²) in [5.41, 5.74) is 1.12. The van der Waals surface area contributed by atoms with Crippen LogP contribution in [0, 0.1) is 24.7 Å². The molecular formula is C23H32N4O3S. The Hall–Kier alpha value is -2.22. The summed E-state index contributed by atoms with van der Waals surface area (Å²) in [6.45, 7) is 12.8. The van der Waals surface area contributed by atoms with Crippen LogP contribution in [0.25, 0.3) is 5.52 Å². The molecule has 1 aliphatic carbocycles. The van der Waals surface area contributed by atoms with Gasteiger partial charge in [-0.05, 0) is 71.3 Å². The maximum atomic E-state index is 13.1. The number of aromatic nitrogens is 2. The van der Waals surface area contributed by atoms with Crippen LogP contribution in [0.1, 0.15) is 46.0 Å². The summed E-state index contributed by atoms with van der Waals surface area (Å²) >= 11 is 1.61. The lowest BCUT2D eigenvalue weighted by molar-refractivity contribution is -0.125. The molecule has 8 heteroatoms. The molecule has 0 bridgehead atoms. The van der Waals surface area contributed by atoms with Crippen molar-refractivity contribution in [1.82, 2.24) is 19.6 Å². The number of hydrogen-bond donors (Lipinski definition) is 1. The van der Waals surface area contributed by atoms with E-state index in [1.165, 1.54) is 0 Å². The molecule has 31 heavy (non-hydrogen) atoms. The van der Waals surface area contributed by atoms with E-state index >= 15 is 0 Å². The molecule has 1 saturated heterocycles. The van der Waals surface area contributed by atoms with E-state index in [-0.39, 0.29) is 29.8 Å². The summed E-state index contributed by atoms with van der Waals surface area (Å²) < 4.78 is 7.54. The molecule has 168 valence electrons. The van der Waals surface area contributed by atoms with Crippen LogP contribution in [0.5, 0.6) is 0 Å². The first-order valence-corrected chi connectivity index (χ1v) is 12.0. The number of ether oxygens (including phenoxy) is 1. The standard InChI is InChI=1S/C23H32N4O3S/c1-13-9-8-10-27-17(13)19(31-7)24-20(27)23(5,6)25-18(28)16-14-11-26(12-15(14)16)21(29)30-22(2,3)4/h8-10,14-16H,11-12H2,1-7H3,(H,25,28)/t14-,15+,16+. The number of likely N-dealkylation sites (tertiary alicyclic amines) is 1. The number of aryl methyl sites for hydroxylation is 1. The Morgan fingerprint density at radius 1 is 1.19 bits per heavy atom. The van der Waals surface area contributed by atoms with Gasteiger partial charge in [0.1, 0.15) is 16.5 Å². The van der Waals surface area contributed by atoms with Crippen LogP contribution in [0.2, 0.25) is 0 Å². The third kappa shape index (κ3) is 4.02. The SMILES string of the molecule is CSc1nc(C(C)(C)NC(=O)[C@H]2[C@@H]3CN(C(=O)OC(C)(C)C)C[C@@H]32)n2cccc(C)c12. The fourth-order valence-corrected chi connectivity index (χ4v) is 5.32. The number of thioether (sulfide) groups is 1. The van der Waals surface area contributed by atoms with Crippen molar-refractivity contribution >= 4 is 29.3 Å². The Kier molecular flexibility index (Phi) is 5.27. The summed E-state index contributed by atoms with van der Waals surface area (Å²) in [5, 5.41) is 4.19. The van der Waals surface area contributed by atoms with Crippen LogP contribution >= 0.6 is 11.8 Å². The summed E-state index contributed by atoms with van der Waals surface area (Å²) in [6, 6.07) is 4.08. The molecule has 0 radical (unpaired) electrons. The second-order valence-electron chi connectivity index (χ2n) is 10.2. The number of rotatable bonds is 4. The van der Waals surface area contributed by atoms with Crippen molar-refractivity contribution in [3.63, 3.8) is 0 Å². The molecule has 1 N–H and O–H groups in total. The van der Waals surface area contributed by atoms with Crippen molar-refractivity contribution in [2.45, 2.75) is 57.7 Å². The lowest BCUT2D eigenvalue weighted by Crippen LogP contribution is -2.45. The molecule has 3 heterocycles. The molecule has 0 unspecified atom stereocenters. The number of carbonyl (C=O) groups excluding carboxylic acids is 2. The first kappa shape index (κ1) is 22.0. The van der Waals surface area contributed by atoms with Crippen LogP contribution in [0.3, 0.4) is 0 Å². The third-order valence-corrected chi connectivity index (χ3v) is 6.84. The molecule has 2 aromatic heterocycles. The maximum absolute atomic E-state index is 13.1. The van der Waals surface area contributed by atoms with Crippen LogP contribution < -0.4 is 5.32 Å². The molecule has 4 rings (SSSR count). The van der Waals surface area contributed by atoms with Gasteiger partial charge in [0.25, 0.3) is 0 Å². The summed E-state index contributed by atoms with van der Waals surface area (Å²) in [4.78, 5) is 32.0.